The third-order valence-electron chi connectivity index (χ3n) is 4.80. The van der Waals surface area contributed by atoms with Crippen LogP contribution in [0.15, 0.2) is 41.3 Å². The molecule has 1 aromatic carbocycles. The van der Waals surface area contributed by atoms with Crippen LogP contribution in [0.5, 0.6) is 0 Å². The summed E-state index contributed by atoms with van der Waals surface area (Å²) in [6.45, 7) is 0. The zero-order chi connectivity index (χ0) is 20.0. The SMILES string of the molecule is NC(=O)C1C2C=CC(C2)C1C(=O)NOS(=O)(=O)c1ccccc1C(F)(F)F. The van der Waals surface area contributed by atoms with Crippen molar-refractivity contribution in [3.8, 4) is 0 Å². The molecule has 146 valence electrons. The number of alkyl halides is 3. The number of rotatable bonds is 5. The van der Waals surface area contributed by atoms with Crippen LogP contribution in [0, 0.1) is 23.7 Å². The van der Waals surface area contributed by atoms with Gasteiger partial charge in [-0.05, 0) is 30.4 Å². The van der Waals surface area contributed by atoms with Crippen molar-refractivity contribution < 1.29 is 35.5 Å². The Morgan fingerprint density at radius 3 is 2.30 bits per heavy atom. The van der Waals surface area contributed by atoms with E-state index < -0.39 is 50.4 Å². The first-order valence-electron chi connectivity index (χ1n) is 7.89. The Morgan fingerprint density at radius 1 is 1.11 bits per heavy atom. The number of nitrogens with one attached hydrogen (secondary N) is 1. The highest BCUT2D eigenvalue weighted by Gasteiger charge is 2.51. The van der Waals surface area contributed by atoms with Crippen molar-refractivity contribution in [3.05, 3.63) is 42.0 Å². The smallest absolute Gasteiger partial charge is 0.369 e. The summed E-state index contributed by atoms with van der Waals surface area (Å²) >= 11 is 0. The Labute approximate surface area is 152 Å². The van der Waals surface area contributed by atoms with E-state index in [1.807, 2.05) is 0 Å². The third-order valence-corrected chi connectivity index (χ3v) is 6.00. The van der Waals surface area contributed by atoms with Gasteiger partial charge in [0.2, 0.25) is 11.8 Å². The number of allylic oxidation sites excluding steroid dienone is 2. The molecule has 0 heterocycles. The van der Waals surface area contributed by atoms with Crippen molar-refractivity contribution in [1.82, 2.24) is 5.48 Å². The number of primary amides is 1. The highest BCUT2D eigenvalue weighted by molar-refractivity contribution is 7.86. The zero-order valence-corrected chi connectivity index (χ0v) is 14.5. The molecule has 4 unspecified atom stereocenters. The van der Waals surface area contributed by atoms with Gasteiger partial charge >= 0.3 is 16.3 Å². The summed E-state index contributed by atoms with van der Waals surface area (Å²) in [5, 5.41) is 0. The Bertz CT molecular complexity index is 913. The van der Waals surface area contributed by atoms with Gasteiger partial charge < -0.3 is 5.73 Å². The van der Waals surface area contributed by atoms with Crippen LogP contribution in [-0.2, 0) is 30.2 Å². The van der Waals surface area contributed by atoms with Gasteiger partial charge in [0.05, 0.1) is 17.4 Å². The lowest BCUT2D eigenvalue weighted by molar-refractivity contribution is -0.140. The zero-order valence-electron chi connectivity index (χ0n) is 13.6. The van der Waals surface area contributed by atoms with E-state index in [1.165, 1.54) is 0 Å². The second kappa shape index (κ2) is 6.64. The van der Waals surface area contributed by atoms with Crippen LogP contribution < -0.4 is 11.2 Å². The van der Waals surface area contributed by atoms with Crippen LogP contribution >= 0.6 is 0 Å². The second-order valence-electron chi connectivity index (χ2n) is 6.40. The molecule has 3 N–H and O–H groups in total. The first-order valence-corrected chi connectivity index (χ1v) is 9.30. The molecule has 4 atom stereocenters. The number of hydrogen-bond acceptors (Lipinski definition) is 5. The molecular formula is C16H15F3N2O5S. The highest BCUT2D eigenvalue weighted by atomic mass is 32.2. The average Bonchev–Trinajstić information content (AvgIpc) is 3.20. The third kappa shape index (κ3) is 3.56. The maximum absolute atomic E-state index is 13.0. The van der Waals surface area contributed by atoms with Gasteiger partial charge in [-0.2, -0.15) is 21.6 Å². The highest BCUT2D eigenvalue weighted by Crippen LogP contribution is 2.48. The van der Waals surface area contributed by atoms with E-state index in [0.717, 1.165) is 18.2 Å². The first kappa shape index (κ1) is 19.4. The number of benzene rings is 1. The van der Waals surface area contributed by atoms with E-state index in [0.29, 0.717) is 12.5 Å². The van der Waals surface area contributed by atoms with Gasteiger partial charge in [0.15, 0.2) is 0 Å². The molecule has 0 saturated heterocycles. The van der Waals surface area contributed by atoms with Crippen LogP contribution in [0.25, 0.3) is 0 Å². The van der Waals surface area contributed by atoms with Crippen LogP contribution in [0.1, 0.15) is 12.0 Å². The fourth-order valence-electron chi connectivity index (χ4n) is 3.70. The van der Waals surface area contributed by atoms with Crippen LogP contribution in [0.3, 0.4) is 0 Å². The number of amides is 2. The lowest BCUT2D eigenvalue weighted by Gasteiger charge is -2.24. The molecule has 1 saturated carbocycles. The summed E-state index contributed by atoms with van der Waals surface area (Å²) in [5.41, 5.74) is 5.57. The topological polar surface area (TPSA) is 116 Å². The number of carbonyl (C=O) groups excluding carboxylic acids is 2. The molecule has 27 heavy (non-hydrogen) atoms. The van der Waals surface area contributed by atoms with E-state index in [2.05, 4.69) is 4.28 Å². The maximum atomic E-state index is 13.0. The van der Waals surface area contributed by atoms with Crippen LogP contribution in [-0.4, -0.2) is 20.2 Å². The fraction of sp³-hybridized carbons (Fsp3) is 0.375. The molecule has 2 bridgehead atoms. The minimum atomic E-state index is -4.94. The van der Waals surface area contributed by atoms with Crippen molar-refractivity contribution >= 4 is 21.9 Å². The standard InChI is InChI=1S/C16H15F3N2O5S/c17-16(18,19)10-3-1-2-4-11(10)27(24,25)26-21-15(23)13-9-6-5-8(7-9)12(13)14(20)22/h1-6,8-9,12-13H,7H2,(H2,20,22)(H,21,23). The molecule has 0 radical (unpaired) electrons. The Kier molecular flexibility index (Phi) is 4.76. The van der Waals surface area contributed by atoms with Crippen LogP contribution in [0.4, 0.5) is 13.2 Å². The Morgan fingerprint density at radius 2 is 1.70 bits per heavy atom. The summed E-state index contributed by atoms with van der Waals surface area (Å²) in [5.74, 6) is -3.95. The summed E-state index contributed by atoms with van der Waals surface area (Å²) in [6.07, 6.45) is -0.929. The van der Waals surface area contributed by atoms with Crippen molar-refractivity contribution in [2.24, 2.45) is 29.4 Å². The van der Waals surface area contributed by atoms with Crippen molar-refractivity contribution in [2.75, 3.05) is 0 Å². The van der Waals surface area contributed by atoms with E-state index >= 15 is 0 Å². The van der Waals surface area contributed by atoms with Crippen molar-refractivity contribution in [1.29, 1.82) is 0 Å². The predicted molar refractivity (Wildman–Crippen MR) is 84.8 cm³/mol. The molecule has 1 aromatic rings. The molecule has 2 aliphatic carbocycles. The number of carbonyl (C=O) groups is 2. The summed E-state index contributed by atoms with van der Waals surface area (Å²) < 4.78 is 67.7. The second-order valence-corrected chi connectivity index (χ2v) is 7.91. The fourth-order valence-corrected chi connectivity index (χ4v) is 4.68. The van der Waals surface area contributed by atoms with Crippen LogP contribution in [0.2, 0.25) is 0 Å². The molecule has 0 aromatic heterocycles. The Balaban J connectivity index is 1.78. The normalized spacial score (nSPS) is 26.9. The minimum Gasteiger partial charge on any atom is -0.369 e. The molecular weight excluding hydrogens is 389 g/mol. The molecule has 3 rings (SSSR count). The predicted octanol–water partition coefficient (Wildman–Crippen LogP) is 1.37. The Hall–Kier alpha value is -2.40. The van der Waals surface area contributed by atoms with E-state index in [4.69, 9.17) is 5.73 Å². The molecule has 0 spiro atoms. The van der Waals surface area contributed by atoms with Gasteiger partial charge in [0.1, 0.15) is 4.90 Å². The largest absolute Gasteiger partial charge is 0.417 e. The summed E-state index contributed by atoms with van der Waals surface area (Å²) in [4.78, 5) is 22.8. The van der Waals surface area contributed by atoms with Gasteiger partial charge in [-0.1, -0.05) is 24.3 Å². The lowest BCUT2D eigenvalue weighted by Crippen LogP contribution is -2.43. The van der Waals surface area contributed by atoms with E-state index in [1.54, 1.807) is 17.6 Å². The van der Waals surface area contributed by atoms with Crippen molar-refractivity contribution in [3.63, 3.8) is 0 Å². The number of hydroxylamine groups is 1. The molecule has 1 fully saturated rings. The quantitative estimate of drug-likeness (QED) is 0.568. The molecule has 2 aliphatic rings. The molecule has 2 amide bonds. The number of halogens is 3. The monoisotopic (exact) mass is 404 g/mol. The van der Waals surface area contributed by atoms with Gasteiger partial charge in [-0.25, -0.2) is 5.48 Å². The molecule has 11 heteroatoms. The van der Waals surface area contributed by atoms with E-state index in [9.17, 15) is 31.2 Å². The van der Waals surface area contributed by atoms with Gasteiger partial charge in [0.25, 0.3) is 0 Å². The first-order chi connectivity index (χ1) is 12.5. The summed E-state index contributed by atoms with van der Waals surface area (Å²) in [7, 11) is -4.94. The number of fused-ring (bicyclic) bond motifs is 2. The minimum absolute atomic E-state index is 0.231. The number of nitrogens with two attached hydrogens (primary N) is 1. The average molecular weight is 404 g/mol. The van der Waals surface area contributed by atoms with Crippen molar-refractivity contribution in [2.45, 2.75) is 17.5 Å². The lowest BCUT2D eigenvalue weighted by atomic mass is 9.82. The van der Waals surface area contributed by atoms with Gasteiger partial charge in [-0.3, -0.25) is 9.59 Å². The molecule has 7 nitrogen and oxygen atoms in total. The van der Waals surface area contributed by atoms with Gasteiger partial charge in [0, 0.05) is 0 Å². The maximum Gasteiger partial charge on any atom is 0.417 e. The van der Waals surface area contributed by atoms with Gasteiger partial charge in [-0.15, -0.1) is 4.28 Å². The summed E-state index contributed by atoms with van der Waals surface area (Å²) in [6, 6.07) is 3.43. The molecule has 0 aliphatic heterocycles. The number of hydrogen-bond donors (Lipinski definition) is 2. The van der Waals surface area contributed by atoms with E-state index in [-0.39, 0.29) is 11.8 Å².